The van der Waals surface area contributed by atoms with Crippen LogP contribution >= 0.6 is 0 Å². The highest BCUT2D eigenvalue weighted by Crippen LogP contribution is 2.35. The molecule has 7 heteroatoms. The first kappa shape index (κ1) is 22.2. The molecule has 0 spiro atoms. The van der Waals surface area contributed by atoms with Crippen molar-refractivity contribution < 1.29 is 4.42 Å². The zero-order valence-electron chi connectivity index (χ0n) is 20.5. The molecule has 0 atom stereocenters. The number of benzene rings is 2. The van der Waals surface area contributed by atoms with E-state index >= 15 is 0 Å². The molecule has 3 N–H and O–H groups in total. The van der Waals surface area contributed by atoms with E-state index in [4.69, 9.17) is 9.40 Å². The lowest BCUT2D eigenvalue weighted by atomic mass is 10.0. The number of fused-ring (bicyclic) bond motifs is 2. The van der Waals surface area contributed by atoms with Crippen molar-refractivity contribution in [3.05, 3.63) is 115 Å². The fourth-order valence-electron chi connectivity index (χ4n) is 4.90. The zero-order chi connectivity index (χ0) is 25.3. The van der Waals surface area contributed by atoms with Crippen molar-refractivity contribution in [2.45, 2.75) is 13.1 Å². The molecule has 5 heterocycles. The number of hydrogen-bond donors (Lipinski definition) is 3. The van der Waals surface area contributed by atoms with E-state index in [9.17, 15) is 0 Å². The Hall–Kier alpha value is -5.01. The molecule has 0 bridgehead atoms. The largest absolute Gasteiger partial charge is 0.472 e. The van der Waals surface area contributed by atoms with Crippen molar-refractivity contribution >= 4 is 21.8 Å². The predicted octanol–water partition coefficient (Wildman–Crippen LogP) is 6.72. The SMILES string of the molecule is c1ccc(CNCc2cncc(-c3cc4c(-c5cc6c(-c7ccoc7)cccc6[nH]5)n[nH]c4cn3)c2)cc1. The Kier molecular flexibility index (Phi) is 5.53. The normalized spacial score (nSPS) is 11.5. The molecular weight excluding hydrogens is 472 g/mol. The quantitative estimate of drug-likeness (QED) is 0.228. The van der Waals surface area contributed by atoms with E-state index in [0.717, 1.165) is 74.2 Å². The van der Waals surface area contributed by atoms with Gasteiger partial charge < -0.3 is 14.7 Å². The first-order valence-corrected chi connectivity index (χ1v) is 12.5. The maximum Gasteiger partial charge on any atom is 0.116 e. The summed E-state index contributed by atoms with van der Waals surface area (Å²) in [6.45, 7) is 1.53. The maximum atomic E-state index is 5.32. The molecule has 0 aliphatic carbocycles. The van der Waals surface area contributed by atoms with Crippen LogP contribution in [0.25, 0.3) is 55.6 Å². The van der Waals surface area contributed by atoms with Crippen LogP contribution in [0, 0.1) is 0 Å². The lowest BCUT2D eigenvalue weighted by Crippen LogP contribution is -2.12. The van der Waals surface area contributed by atoms with Gasteiger partial charge in [0.15, 0.2) is 0 Å². The summed E-state index contributed by atoms with van der Waals surface area (Å²) >= 11 is 0. The Bertz CT molecular complexity index is 1850. The molecule has 0 amide bonds. The minimum absolute atomic E-state index is 0.725. The fraction of sp³-hybridized carbons (Fsp3) is 0.0645. The van der Waals surface area contributed by atoms with E-state index in [-0.39, 0.29) is 0 Å². The van der Waals surface area contributed by atoms with Gasteiger partial charge in [0.05, 0.1) is 35.6 Å². The third-order valence-electron chi connectivity index (χ3n) is 6.79. The highest BCUT2D eigenvalue weighted by molar-refractivity contribution is 6.01. The van der Waals surface area contributed by atoms with Crippen LogP contribution in [-0.2, 0) is 13.1 Å². The van der Waals surface area contributed by atoms with Crippen molar-refractivity contribution in [1.29, 1.82) is 0 Å². The van der Waals surface area contributed by atoms with Gasteiger partial charge in [0.2, 0.25) is 0 Å². The molecule has 0 aliphatic heterocycles. The lowest BCUT2D eigenvalue weighted by molar-refractivity contribution is 0.568. The van der Waals surface area contributed by atoms with Crippen molar-refractivity contribution in [2.75, 3.05) is 0 Å². The minimum atomic E-state index is 0.725. The molecule has 0 aliphatic rings. The van der Waals surface area contributed by atoms with Crippen molar-refractivity contribution in [3.8, 4) is 33.8 Å². The van der Waals surface area contributed by atoms with Crippen LogP contribution in [0.3, 0.4) is 0 Å². The molecule has 7 aromatic rings. The summed E-state index contributed by atoms with van der Waals surface area (Å²) in [6.07, 6.45) is 9.05. The lowest BCUT2D eigenvalue weighted by Gasteiger charge is -2.07. The Morgan fingerprint density at radius 2 is 1.68 bits per heavy atom. The summed E-state index contributed by atoms with van der Waals surface area (Å²) in [5.74, 6) is 0. The molecule has 2 aromatic carbocycles. The van der Waals surface area contributed by atoms with Crippen molar-refractivity contribution in [3.63, 3.8) is 0 Å². The van der Waals surface area contributed by atoms with Crippen molar-refractivity contribution in [2.24, 2.45) is 0 Å². The van der Waals surface area contributed by atoms with Gasteiger partial charge in [-0.1, -0.05) is 42.5 Å². The molecule has 0 radical (unpaired) electrons. The second-order valence-corrected chi connectivity index (χ2v) is 9.32. The summed E-state index contributed by atoms with van der Waals surface area (Å²) < 4.78 is 5.32. The third kappa shape index (κ3) is 4.15. The molecule has 0 saturated carbocycles. The first-order valence-electron chi connectivity index (χ1n) is 12.5. The van der Waals surface area contributed by atoms with E-state index in [0.29, 0.717) is 0 Å². The van der Waals surface area contributed by atoms with Crippen LogP contribution in [-0.4, -0.2) is 25.1 Å². The number of nitrogens with zero attached hydrogens (tertiary/aromatic N) is 3. The van der Waals surface area contributed by atoms with Crippen LogP contribution in [0.2, 0.25) is 0 Å². The van der Waals surface area contributed by atoms with Crippen LogP contribution in [0.15, 0.2) is 108 Å². The first-order chi connectivity index (χ1) is 18.8. The van der Waals surface area contributed by atoms with Gasteiger partial charge in [-0.3, -0.25) is 15.1 Å². The van der Waals surface area contributed by atoms with Crippen LogP contribution in [0.5, 0.6) is 0 Å². The van der Waals surface area contributed by atoms with E-state index in [1.807, 2.05) is 36.8 Å². The Balaban J connectivity index is 1.20. The van der Waals surface area contributed by atoms with Gasteiger partial charge in [-0.25, -0.2) is 0 Å². The number of rotatable bonds is 7. The molecular formula is C31H24N6O. The van der Waals surface area contributed by atoms with Gasteiger partial charge in [0, 0.05) is 52.9 Å². The van der Waals surface area contributed by atoms with Gasteiger partial charge >= 0.3 is 0 Å². The third-order valence-corrected chi connectivity index (χ3v) is 6.79. The summed E-state index contributed by atoms with van der Waals surface area (Å²) in [6, 6.07) is 24.9. The Labute approximate surface area is 218 Å². The molecule has 7 nitrogen and oxygen atoms in total. The van der Waals surface area contributed by atoms with E-state index < -0.39 is 0 Å². The number of H-pyrrole nitrogens is 2. The van der Waals surface area contributed by atoms with Gasteiger partial charge in [0.1, 0.15) is 5.69 Å². The smallest absolute Gasteiger partial charge is 0.116 e. The molecule has 0 saturated heterocycles. The van der Waals surface area contributed by atoms with E-state index in [1.54, 1.807) is 12.5 Å². The molecule has 0 fully saturated rings. The Morgan fingerprint density at radius 1 is 0.763 bits per heavy atom. The van der Waals surface area contributed by atoms with Crippen molar-refractivity contribution in [1.82, 2.24) is 30.5 Å². The van der Waals surface area contributed by atoms with Gasteiger partial charge in [0.25, 0.3) is 0 Å². The highest BCUT2D eigenvalue weighted by Gasteiger charge is 2.15. The molecule has 7 rings (SSSR count). The average Bonchev–Trinajstić information content (AvgIpc) is 3.73. The summed E-state index contributed by atoms with van der Waals surface area (Å²) in [5, 5.41) is 13.4. The van der Waals surface area contributed by atoms with Gasteiger partial charge in [-0.2, -0.15) is 5.10 Å². The summed E-state index contributed by atoms with van der Waals surface area (Å²) in [4.78, 5) is 12.7. The van der Waals surface area contributed by atoms with Crippen LogP contribution in [0.1, 0.15) is 11.1 Å². The fourth-order valence-corrected chi connectivity index (χ4v) is 4.90. The minimum Gasteiger partial charge on any atom is -0.472 e. The molecule has 184 valence electrons. The molecule has 5 aromatic heterocycles. The second kappa shape index (κ2) is 9.46. The van der Waals surface area contributed by atoms with Gasteiger partial charge in [-0.15, -0.1) is 0 Å². The number of furan rings is 1. The monoisotopic (exact) mass is 496 g/mol. The van der Waals surface area contributed by atoms with E-state index in [2.05, 4.69) is 80.1 Å². The number of aromatic nitrogens is 5. The van der Waals surface area contributed by atoms with Gasteiger partial charge in [-0.05, 0) is 47.0 Å². The second-order valence-electron chi connectivity index (χ2n) is 9.32. The maximum absolute atomic E-state index is 5.32. The number of pyridine rings is 2. The summed E-state index contributed by atoms with van der Waals surface area (Å²) in [5.41, 5.74) is 10.1. The predicted molar refractivity (Wildman–Crippen MR) is 149 cm³/mol. The number of aromatic amines is 2. The zero-order valence-corrected chi connectivity index (χ0v) is 20.5. The summed E-state index contributed by atoms with van der Waals surface area (Å²) in [7, 11) is 0. The number of nitrogens with one attached hydrogen (secondary N) is 3. The molecule has 38 heavy (non-hydrogen) atoms. The number of hydrogen-bond acceptors (Lipinski definition) is 5. The highest BCUT2D eigenvalue weighted by atomic mass is 16.3. The average molecular weight is 497 g/mol. The van der Waals surface area contributed by atoms with Crippen LogP contribution in [0.4, 0.5) is 0 Å². The Morgan fingerprint density at radius 3 is 2.58 bits per heavy atom. The van der Waals surface area contributed by atoms with Crippen LogP contribution < -0.4 is 5.32 Å². The molecule has 0 unspecified atom stereocenters. The standard InChI is InChI=1S/C31H24N6O/c1-2-5-20(6-3-1)14-32-15-21-11-23(17-33-16-21)28-13-26-30(18-34-28)36-37-31(26)29-12-25-24(22-9-10-38-19-22)7-4-8-27(25)35-29/h1-13,16-19,32,35H,14-15H2,(H,36,37). The van der Waals surface area contributed by atoms with E-state index in [1.165, 1.54) is 5.56 Å². The topological polar surface area (TPSA) is 95.4 Å².